The van der Waals surface area contributed by atoms with Crippen LogP contribution in [0.15, 0.2) is 0 Å². The van der Waals surface area contributed by atoms with Crippen molar-refractivity contribution in [3.05, 3.63) is 0 Å². The molecule has 4 N–H and O–H groups in total. The molecule has 0 atom stereocenters. The maximum atomic E-state index is 10.8. The molecular weight excluding hydrogens is 192 g/mol. The SMILES string of the molecule is CN(CCN)C1CN(S(N)(=O)=O)C1. The van der Waals surface area contributed by atoms with Crippen molar-refractivity contribution in [1.29, 1.82) is 0 Å². The Balaban J connectivity index is 2.33. The van der Waals surface area contributed by atoms with E-state index < -0.39 is 10.2 Å². The Morgan fingerprint density at radius 2 is 2.08 bits per heavy atom. The first-order valence-corrected chi connectivity index (χ1v) is 5.63. The van der Waals surface area contributed by atoms with E-state index in [0.717, 1.165) is 6.54 Å². The first-order valence-electron chi connectivity index (χ1n) is 4.13. The van der Waals surface area contributed by atoms with Crippen LogP contribution < -0.4 is 10.9 Å². The summed E-state index contributed by atoms with van der Waals surface area (Å²) in [6, 6.07) is 0.266. The van der Waals surface area contributed by atoms with Crippen LogP contribution in [-0.2, 0) is 10.2 Å². The van der Waals surface area contributed by atoms with E-state index in [1.807, 2.05) is 11.9 Å². The summed E-state index contributed by atoms with van der Waals surface area (Å²) in [5.74, 6) is 0. The fourth-order valence-corrected chi connectivity index (χ4v) is 2.05. The highest BCUT2D eigenvalue weighted by Crippen LogP contribution is 2.14. The molecule has 0 aromatic heterocycles. The lowest BCUT2D eigenvalue weighted by atomic mass is 10.1. The predicted molar refractivity (Wildman–Crippen MR) is 50.2 cm³/mol. The Hall–Kier alpha value is -0.210. The van der Waals surface area contributed by atoms with E-state index >= 15 is 0 Å². The van der Waals surface area contributed by atoms with Gasteiger partial charge < -0.3 is 5.73 Å². The van der Waals surface area contributed by atoms with Crippen LogP contribution in [0, 0.1) is 0 Å². The van der Waals surface area contributed by atoms with Gasteiger partial charge in [-0.2, -0.15) is 12.7 Å². The third kappa shape index (κ3) is 2.61. The van der Waals surface area contributed by atoms with Gasteiger partial charge in [-0.1, -0.05) is 0 Å². The minimum absolute atomic E-state index is 0.266. The Labute approximate surface area is 78.7 Å². The van der Waals surface area contributed by atoms with Crippen LogP contribution in [0.3, 0.4) is 0 Å². The number of rotatable bonds is 4. The van der Waals surface area contributed by atoms with Gasteiger partial charge in [-0.25, -0.2) is 5.14 Å². The molecule has 1 heterocycles. The Kier molecular flexibility index (Phi) is 3.25. The molecule has 13 heavy (non-hydrogen) atoms. The van der Waals surface area contributed by atoms with E-state index in [0.29, 0.717) is 19.6 Å². The molecule has 0 radical (unpaired) electrons. The molecule has 0 aromatic rings. The van der Waals surface area contributed by atoms with E-state index in [4.69, 9.17) is 10.9 Å². The third-order valence-corrected chi connectivity index (χ3v) is 3.31. The molecule has 1 aliphatic heterocycles. The molecule has 78 valence electrons. The molecule has 0 unspecified atom stereocenters. The highest BCUT2D eigenvalue weighted by atomic mass is 32.2. The number of hydrogen-bond acceptors (Lipinski definition) is 4. The summed E-state index contributed by atoms with van der Waals surface area (Å²) < 4.78 is 22.9. The maximum Gasteiger partial charge on any atom is 0.277 e. The lowest BCUT2D eigenvalue weighted by Gasteiger charge is -2.41. The van der Waals surface area contributed by atoms with Gasteiger partial charge in [-0.3, -0.25) is 4.90 Å². The molecule has 0 aliphatic carbocycles. The average molecular weight is 208 g/mol. The van der Waals surface area contributed by atoms with Crippen molar-refractivity contribution in [2.45, 2.75) is 6.04 Å². The zero-order chi connectivity index (χ0) is 10.1. The van der Waals surface area contributed by atoms with Crippen molar-refractivity contribution >= 4 is 10.2 Å². The average Bonchev–Trinajstić information content (AvgIpc) is 1.79. The van der Waals surface area contributed by atoms with E-state index in [-0.39, 0.29) is 6.04 Å². The van der Waals surface area contributed by atoms with Crippen molar-refractivity contribution in [2.75, 3.05) is 33.2 Å². The normalized spacial score (nSPS) is 20.6. The third-order valence-electron chi connectivity index (χ3n) is 2.29. The molecule has 1 aliphatic rings. The standard InChI is InChI=1S/C6H16N4O2S/c1-9(3-2-7)6-4-10(5-6)13(8,11)12/h6H,2-5,7H2,1H3,(H2,8,11,12). The molecule has 0 amide bonds. The fraction of sp³-hybridized carbons (Fsp3) is 1.00. The van der Waals surface area contributed by atoms with E-state index in [1.54, 1.807) is 0 Å². The molecule has 1 rings (SSSR count). The van der Waals surface area contributed by atoms with Gasteiger partial charge in [-0.05, 0) is 7.05 Å². The molecule has 1 fully saturated rings. The molecule has 0 spiro atoms. The van der Waals surface area contributed by atoms with Crippen molar-refractivity contribution in [3.8, 4) is 0 Å². The second-order valence-electron chi connectivity index (χ2n) is 3.29. The summed E-state index contributed by atoms with van der Waals surface area (Å²) in [5.41, 5.74) is 5.37. The summed E-state index contributed by atoms with van der Waals surface area (Å²) in [6.45, 7) is 2.33. The molecule has 0 saturated carbocycles. The van der Waals surface area contributed by atoms with Crippen molar-refractivity contribution in [2.24, 2.45) is 10.9 Å². The van der Waals surface area contributed by atoms with Crippen LogP contribution in [0.2, 0.25) is 0 Å². The largest absolute Gasteiger partial charge is 0.329 e. The van der Waals surface area contributed by atoms with Gasteiger partial charge in [0.25, 0.3) is 10.2 Å². The highest BCUT2D eigenvalue weighted by molar-refractivity contribution is 7.86. The van der Waals surface area contributed by atoms with E-state index in [1.165, 1.54) is 4.31 Å². The molecule has 0 aromatic carbocycles. The molecule has 0 bridgehead atoms. The first-order chi connectivity index (χ1) is 5.95. The Bertz CT molecular complexity index is 260. The smallest absolute Gasteiger partial charge is 0.277 e. The van der Waals surface area contributed by atoms with Crippen molar-refractivity contribution < 1.29 is 8.42 Å². The van der Waals surface area contributed by atoms with Crippen LogP contribution in [0.25, 0.3) is 0 Å². The first kappa shape index (κ1) is 10.9. The Morgan fingerprint density at radius 1 is 1.54 bits per heavy atom. The number of nitrogens with zero attached hydrogens (tertiary/aromatic N) is 2. The van der Waals surface area contributed by atoms with Crippen LogP contribution in [0.4, 0.5) is 0 Å². The topological polar surface area (TPSA) is 92.7 Å². The summed E-state index contributed by atoms with van der Waals surface area (Å²) in [5, 5.41) is 4.93. The number of hydrogen-bond donors (Lipinski definition) is 2. The summed E-state index contributed by atoms with van der Waals surface area (Å²) in [7, 11) is -1.54. The van der Waals surface area contributed by atoms with Crippen molar-refractivity contribution in [3.63, 3.8) is 0 Å². The summed E-state index contributed by atoms with van der Waals surface area (Å²) >= 11 is 0. The van der Waals surface area contributed by atoms with Crippen LogP contribution >= 0.6 is 0 Å². The van der Waals surface area contributed by atoms with Gasteiger partial charge in [0.15, 0.2) is 0 Å². The highest BCUT2D eigenvalue weighted by Gasteiger charge is 2.35. The Morgan fingerprint density at radius 3 is 2.46 bits per heavy atom. The van der Waals surface area contributed by atoms with Gasteiger partial charge in [0.2, 0.25) is 0 Å². The lowest BCUT2D eigenvalue weighted by molar-refractivity contribution is 0.114. The fourth-order valence-electron chi connectivity index (χ4n) is 1.29. The predicted octanol–water partition coefficient (Wildman–Crippen LogP) is -2.24. The number of likely N-dealkylation sites (N-methyl/N-ethyl adjacent to an activating group) is 1. The van der Waals surface area contributed by atoms with Gasteiger partial charge in [-0.15, -0.1) is 0 Å². The number of nitrogens with two attached hydrogens (primary N) is 2. The van der Waals surface area contributed by atoms with Crippen LogP contribution in [0.5, 0.6) is 0 Å². The second kappa shape index (κ2) is 3.89. The lowest BCUT2D eigenvalue weighted by Crippen LogP contribution is -2.61. The van der Waals surface area contributed by atoms with Crippen molar-refractivity contribution in [1.82, 2.24) is 9.21 Å². The minimum Gasteiger partial charge on any atom is -0.329 e. The van der Waals surface area contributed by atoms with Gasteiger partial charge in [0.1, 0.15) is 0 Å². The molecule has 7 heteroatoms. The van der Waals surface area contributed by atoms with Crippen LogP contribution in [0.1, 0.15) is 0 Å². The van der Waals surface area contributed by atoms with E-state index in [2.05, 4.69) is 0 Å². The minimum atomic E-state index is -3.47. The van der Waals surface area contributed by atoms with Gasteiger partial charge in [0.05, 0.1) is 0 Å². The quantitative estimate of drug-likeness (QED) is 0.546. The molecule has 6 nitrogen and oxygen atoms in total. The summed E-state index contributed by atoms with van der Waals surface area (Å²) in [4.78, 5) is 2.04. The van der Waals surface area contributed by atoms with Crippen LogP contribution in [-0.4, -0.2) is 56.9 Å². The second-order valence-corrected chi connectivity index (χ2v) is 4.83. The molecule has 1 saturated heterocycles. The zero-order valence-electron chi connectivity index (χ0n) is 7.68. The summed E-state index contributed by atoms with van der Waals surface area (Å²) in [6.07, 6.45) is 0. The van der Waals surface area contributed by atoms with Gasteiger partial charge in [0, 0.05) is 32.2 Å². The monoisotopic (exact) mass is 208 g/mol. The zero-order valence-corrected chi connectivity index (χ0v) is 8.50. The maximum absolute atomic E-state index is 10.8. The van der Waals surface area contributed by atoms with E-state index in [9.17, 15) is 8.42 Å². The molecular formula is C6H16N4O2S. The van der Waals surface area contributed by atoms with Gasteiger partial charge >= 0.3 is 0 Å².